The van der Waals surface area contributed by atoms with Crippen molar-refractivity contribution in [1.29, 1.82) is 0 Å². The number of rotatable bonds is 8. The Kier molecular flexibility index (Phi) is 7.20. The minimum Gasteiger partial charge on any atom is -0.497 e. The van der Waals surface area contributed by atoms with E-state index >= 15 is 0 Å². The highest BCUT2D eigenvalue weighted by Gasteiger charge is 2.22. The van der Waals surface area contributed by atoms with Gasteiger partial charge in [0.25, 0.3) is 5.91 Å². The third-order valence-corrected chi connectivity index (χ3v) is 5.46. The Morgan fingerprint density at radius 2 is 1.53 bits per heavy atom. The maximum absolute atomic E-state index is 13.4. The monoisotopic (exact) mass is 488 g/mol. The molecule has 1 N–H and O–H groups in total. The second kappa shape index (κ2) is 10.6. The minimum absolute atomic E-state index is 0.110. The average Bonchev–Trinajstić information content (AvgIpc) is 3.42. The number of hydrogen-bond acceptors (Lipinski definition) is 8. The molecule has 3 aromatic carbocycles. The van der Waals surface area contributed by atoms with Crippen molar-refractivity contribution >= 4 is 17.6 Å². The van der Waals surface area contributed by atoms with Gasteiger partial charge in [0.2, 0.25) is 5.89 Å². The highest BCUT2D eigenvalue weighted by atomic mass is 16.5. The van der Waals surface area contributed by atoms with Crippen molar-refractivity contribution in [2.24, 2.45) is 0 Å². The molecule has 9 heteroatoms. The van der Waals surface area contributed by atoms with Crippen molar-refractivity contribution in [2.75, 3.05) is 33.8 Å². The number of oxazole rings is 1. The zero-order valence-corrected chi connectivity index (χ0v) is 20.2. The molecule has 0 aliphatic heterocycles. The number of benzene rings is 3. The van der Waals surface area contributed by atoms with Crippen LogP contribution in [0.15, 0.2) is 71.3 Å². The largest absolute Gasteiger partial charge is 0.497 e. The van der Waals surface area contributed by atoms with Crippen molar-refractivity contribution < 1.29 is 33.0 Å². The summed E-state index contributed by atoms with van der Waals surface area (Å²) in [5, 5.41) is 2.77. The minimum atomic E-state index is -0.642. The number of anilines is 1. The molecule has 0 aliphatic rings. The summed E-state index contributed by atoms with van der Waals surface area (Å²) in [6.07, 6.45) is 1.59. The fourth-order valence-corrected chi connectivity index (χ4v) is 3.61. The first kappa shape index (κ1) is 24.3. The summed E-state index contributed by atoms with van der Waals surface area (Å²) in [6.45, 7) is 0. The van der Waals surface area contributed by atoms with Crippen LogP contribution in [0.5, 0.6) is 17.2 Å². The average molecular weight is 488 g/mol. The molecule has 0 radical (unpaired) electrons. The molecule has 9 nitrogen and oxygen atoms in total. The molecule has 0 bridgehead atoms. The molecule has 1 amide bonds. The molecule has 0 spiro atoms. The van der Waals surface area contributed by atoms with E-state index in [0.29, 0.717) is 28.4 Å². The Hall–Kier alpha value is -4.79. The summed E-state index contributed by atoms with van der Waals surface area (Å²) < 4.78 is 26.6. The van der Waals surface area contributed by atoms with E-state index in [-0.39, 0.29) is 17.1 Å². The lowest BCUT2D eigenvalue weighted by molar-refractivity contribution is 0.0601. The standard InChI is InChI=1S/C27H24N2O7/c1-32-17-11-9-16(10-12-17)24-15-28-26(36-24)19-8-6-5-7-18(19)25(30)29-21-14-23(34-3)22(33-2)13-20(21)27(31)35-4/h5-15H,1-4H3,(H,29,30). The van der Waals surface area contributed by atoms with Crippen LogP contribution in [-0.2, 0) is 4.74 Å². The van der Waals surface area contributed by atoms with E-state index < -0.39 is 11.9 Å². The fourth-order valence-electron chi connectivity index (χ4n) is 3.61. The Balaban J connectivity index is 1.68. The highest BCUT2D eigenvalue weighted by molar-refractivity contribution is 6.11. The molecule has 0 unspecified atom stereocenters. The van der Waals surface area contributed by atoms with Gasteiger partial charge < -0.3 is 28.7 Å². The van der Waals surface area contributed by atoms with Crippen molar-refractivity contribution in [1.82, 2.24) is 4.98 Å². The molecule has 4 rings (SSSR count). The lowest BCUT2D eigenvalue weighted by Crippen LogP contribution is -2.16. The number of ether oxygens (including phenoxy) is 4. The molecule has 0 atom stereocenters. The number of hydrogen-bond donors (Lipinski definition) is 1. The van der Waals surface area contributed by atoms with E-state index in [2.05, 4.69) is 10.3 Å². The summed E-state index contributed by atoms with van der Waals surface area (Å²) in [5.74, 6) is 1.07. The van der Waals surface area contributed by atoms with E-state index in [4.69, 9.17) is 23.4 Å². The van der Waals surface area contributed by atoms with E-state index in [1.165, 1.54) is 33.5 Å². The number of aromatic nitrogens is 1. The van der Waals surface area contributed by atoms with Gasteiger partial charge in [0.15, 0.2) is 17.3 Å². The van der Waals surface area contributed by atoms with Gasteiger partial charge in [-0.05, 0) is 36.4 Å². The van der Waals surface area contributed by atoms with Crippen LogP contribution >= 0.6 is 0 Å². The second-order valence-corrected chi connectivity index (χ2v) is 7.50. The van der Waals surface area contributed by atoms with Crippen molar-refractivity contribution in [2.45, 2.75) is 0 Å². The summed E-state index contributed by atoms with van der Waals surface area (Å²) in [4.78, 5) is 30.1. The van der Waals surface area contributed by atoms with Gasteiger partial charge in [-0.2, -0.15) is 0 Å². The van der Waals surface area contributed by atoms with Gasteiger partial charge in [-0.3, -0.25) is 4.79 Å². The Bertz CT molecular complexity index is 1390. The maximum Gasteiger partial charge on any atom is 0.340 e. The highest BCUT2D eigenvalue weighted by Crippen LogP contribution is 2.35. The van der Waals surface area contributed by atoms with Crippen LogP contribution in [0.1, 0.15) is 20.7 Å². The molecule has 4 aromatic rings. The topological polar surface area (TPSA) is 109 Å². The van der Waals surface area contributed by atoms with Crippen LogP contribution in [0, 0.1) is 0 Å². The lowest BCUT2D eigenvalue weighted by atomic mass is 10.1. The van der Waals surface area contributed by atoms with Gasteiger partial charge in [-0.1, -0.05) is 12.1 Å². The zero-order valence-electron chi connectivity index (χ0n) is 20.2. The van der Waals surface area contributed by atoms with E-state index in [9.17, 15) is 9.59 Å². The number of carbonyl (C=O) groups excluding carboxylic acids is 2. The molecule has 1 heterocycles. The number of carbonyl (C=O) groups is 2. The van der Waals surface area contributed by atoms with E-state index in [0.717, 1.165) is 11.3 Å². The predicted octanol–water partition coefficient (Wildman–Crippen LogP) is 5.07. The molecular weight excluding hydrogens is 464 g/mol. The van der Waals surface area contributed by atoms with Crippen molar-refractivity contribution in [3.63, 3.8) is 0 Å². The van der Waals surface area contributed by atoms with E-state index in [1.54, 1.807) is 37.6 Å². The van der Waals surface area contributed by atoms with Gasteiger partial charge in [0.1, 0.15) is 5.75 Å². The number of amides is 1. The third-order valence-electron chi connectivity index (χ3n) is 5.46. The first-order chi connectivity index (χ1) is 17.5. The predicted molar refractivity (Wildman–Crippen MR) is 133 cm³/mol. The molecule has 36 heavy (non-hydrogen) atoms. The molecule has 0 saturated carbocycles. The van der Waals surface area contributed by atoms with Crippen LogP contribution < -0.4 is 19.5 Å². The summed E-state index contributed by atoms with van der Waals surface area (Å²) >= 11 is 0. The fraction of sp³-hybridized carbons (Fsp3) is 0.148. The Morgan fingerprint density at radius 3 is 2.19 bits per heavy atom. The number of esters is 1. The Morgan fingerprint density at radius 1 is 0.833 bits per heavy atom. The molecule has 184 valence electrons. The second-order valence-electron chi connectivity index (χ2n) is 7.50. The normalized spacial score (nSPS) is 10.4. The van der Waals surface area contributed by atoms with Crippen molar-refractivity contribution in [3.8, 4) is 40.0 Å². The quantitative estimate of drug-likeness (QED) is 0.342. The van der Waals surface area contributed by atoms with Crippen LogP contribution in [0.4, 0.5) is 5.69 Å². The summed E-state index contributed by atoms with van der Waals surface area (Å²) in [7, 11) is 5.76. The van der Waals surface area contributed by atoms with Gasteiger partial charge in [-0.15, -0.1) is 0 Å². The van der Waals surface area contributed by atoms with Crippen LogP contribution in [0.25, 0.3) is 22.8 Å². The molecule has 0 fully saturated rings. The zero-order chi connectivity index (χ0) is 25.7. The van der Waals surface area contributed by atoms with Gasteiger partial charge in [-0.25, -0.2) is 9.78 Å². The van der Waals surface area contributed by atoms with Crippen LogP contribution in [0.2, 0.25) is 0 Å². The first-order valence-corrected chi connectivity index (χ1v) is 10.8. The number of nitrogens with zero attached hydrogens (tertiary/aromatic N) is 1. The van der Waals surface area contributed by atoms with Gasteiger partial charge in [0, 0.05) is 23.3 Å². The molecular formula is C27H24N2O7. The van der Waals surface area contributed by atoms with Crippen molar-refractivity contribution in [3.05, 3.63) is 78.0 Å². The smallest absolute Gasteiger partial charge is 0.340 e. The first-order valence-electron chi connectivity index (χ1n) is 10.8. The number of methoxy groups -OCH3 is 4. The molecule has 0 aliphatic carbocycles. The maximum atomic E-state index is 13.4. The number of nitrogens with one attached hydrogen (secondary N) is 1. The SMILES string of the molecule is COC(=O)c1cc(OC)c(OC)cc1NC(=O)c1ccccc1-c1ncc(-c2ccc(OC)cc2)o1. The molecule has 1 aromatic heterocycles. The van der Waals surface area contributed by atoms with Gasteiger partial charge >= 0.3 is 5.97 Å². The Labute approximate surface area is 207 Å². The molecule has 0 saturated heterocycles. The van der Waals surface area contributed by atoms with Crippen LogP contribution in [-0.4, -0.2) is 45.3 Å². The van der Waals surface area contributed by atoms with Gasteiger partial charge in [0.05, 0.1) is 51.5 Å². The summed E-state index contributed by atoms with van der Waals surface area (Å²) in [5.41, 5.74) is 1.90. The lowest BCUT2D eigenvalue weighted by Gasteiger charge is -2.15. The summed E-state index contributed by atoms with van der Waals surface area (Å²) in [6, 6.07) is 17.2. The van der Waals surface area contributed by atoms with E-state index in [1.807, 2.05) is 24.3 Å². The van der Waals surface area contributed by atoms with Crippen LogP contribution in [0.3, 0.4) is 0 Å². The third kappa shape index (κ3) is 4.85.